The van der Waals surface area contributed by atoms with Gasteiger partial charge in [0.05, 0.1) is 6.61 Å². The van der Waals surface area contributed by atoms with Gasteiger partial charge in [0.25, 0.3) is 0 Å². The van der Waals surface area contributed by atoms with Gasteiger partial charge in [-0.15, -0.1) is 0 Å². The average Bonchev–Trinajstić information content (AvgIpc) is 2.35. The maximum atomic E-state index is 6.13. The summed E-state index contributed by atoms with van der Waals surface area (Å²) in [5.74, 6) is 0.613. The van der Waals surface area contributed by atoms with Gasteiger partial charge in [-0.05, 0) is 13.8 Å². The number of nitrogens with zero attached hydrogens (tertiary/aromatic N) is 2. The Hall–Kier alpha value is -1.20. The van der Waals surface area contributed by atoms with Crippen LogP contribution in [0.25, 0.3) is 0 Å². The number of hydrogen-bond acceptors (Lipinski definition) is 4. The van der Waals surface area contributed by atoms with E-state index in [4.69, 9.17) is 21.7 Å². The van der Waals surface area contributed by atoms with E-state index >= 15 is 0 Å². The molecule has 0 amide bonds. The van der Waals surface area contributed by atoms with Crippen LogP contribution < -0.4 is 10.7 Å². The van der Waals surface area contributed by atoms with Crippen molar-refractivity contribution in [2.45, 2.75) is 27.2 Å². The molecule has 0 aliphatic carbocycles. The van der Waals surface area contributed by atoms with Crippen LogP contribution in [0.15, 0.2) is 0 Å². The van der Waals surface area contributed by atoms with Gasteiger partial charge in [-0.3, -0.25) is 5.41 Å². The molecular weight excluding hydrogens is 252 g/mol. The zero-order valence-corrected chi connectivity index (χ0v) is 11.8. The number of nitrogens with one attached hydrogen (secondary N) is 1. The number of nitrogens with two attached hydrogens (primary N) is 1. The maximum Gasteiger partial charge on any atom is 0.200 e. The van der Waals surface area contributed by atoms with Crippen LogP contribution in [0, 0.1) is 6.92 Å². The third kappa shape index (κ3) is 3.92. The fraction of sp³-hybridized carbons (Fsp3) is 0.583. The first kappa shape index (κ1) is 14.9. The number of anilines is 1. The average molecular weight is 272 g/mol. The molecular formula is C12H20ClN4O+. The van der Waals surface area contributed by atoms with Gasteiger partial charge < -0.3 is 10.1 Å². The van der Waals surface area contributed by atoms with Crippen molar-refractivity contribution in [3.8, 4) is 0 Å². The van der Waals surface area contributed by atoms with Gasteiger partial charge in [0, 0.05) is 19.6 Å². The molecule has 0 radical (unpaired) electrons. The summed E-state index contributed by atoms with van der Waals surface area (Å²) >= 11 is 6.13. The molecule has 0 saturated heterocycles. The van der Waals surface area contributed by atoms with E-state index in [9.17, 15) is 0 Å². The van der Waals surface area contributed by atoms with Gasteiger partial charge in [0.15, 0.2) is 10.8 Å². The first-order valence-corrected chi connectivity index (χ1v) is 6.45. The molecule has 0 unspecified atom stereocenters. The van der Waals surface area contributed by atoms with Crippen molar-refractivity contribution in [1.82, 2.24) is 9.97 Å². The minimum absolute atomic E-state index is 0.394. The van der Waals surface area contributed by atoms with Crippen LogP contribution in [-0.4, -0.2) is 35.4 Å². The van der Waals surface area contributed by atoms with Crippen molar-refractivity contribution in [2.75, 3.05) is 25.1 Å². The Bertz CT molecular complexity index is 423. The smallest absolute Gasteiger partial charge is 0.200 e. The number of halogens is 1. The summed E-state index contributed by atoms with van der Waals surface area (Å²) in [7, 11) is 0. The molecule has 0 spiro atoms. The Morgan fingerprint density at radius 3 is 2.72 bits per heavy atom. The molecule has 0 atom stereocenters. The van der Waals surface area contributed by atoms with Gasteiger partial charge in [-0.2, -0.15) is 0 Å². The second-order valence-electron chi connectivity index (χ2n) is 3.79. The molecule has 0 saturated carbocycles. The summed E-state index contributed by atoms with van der Waals surface area (Å²) in [6.45, 7) is 7.66. The molecule has 18 heavy (non-hydrogen) atoms. The first-order chi connectivity index (χ1) is 8.60. The van der Waals surface area contributed by atoms with Crippen molar-refractivity contribution in [2.24, 2.45) is 0 Å². The standard InChI is InChI=1S/C12H19ClN4O/c1-4-9(14)10-11(15-6-7-18-5-2)12(13)17-8(3)16-10/h14-15H,4-7H2,1-3H3/p+1. The molecule has 1 rings (SSSR count). The van der Waals surface area contributed by atoms with Gasteiger partial charge in [-0.1, -0.05) is 18.5 Å². The molecule has 1 heterocycles. The van der Waals surface area contributed by atoms with Crippen LogP contribution in [0.2, 0.25) is 5.15 Å². The lowest BCUT2D eigenvalue weighted by Crippen LogP contribution is -2.41. The topological polar surface area (TPSA) is 72.6 Å². The fourth-order valence-electron chi connectivity index (χ4n) is 1.49. The molecule has 0 aliphatic rings. The van der Waals surface area contributed by atoms with Crippen molar-refractivity contribution >= 4 is 23.0 Å². The third-order valence-corrected chi connectivity index (χ3v) is 2.69. The predicted octanol–water partition coefficient (Wildman–Crippen LogP) is 0.845. The highest BCUT2D eigenvalue weighted by Crippen LogP contribution is 2.23. The molecule has 0 aromatic carbocycles. The van der Waals surface area contributed by atoms with Crippen molar-refractivity contribution in [3.05, 3.63) is 16.7 Å². The number of aromatic nitrogens is 2. The van der Waals surface area contributed by atoms with E-state index in [1.165, 1.54) is 0 Å². The van der Waals surface area contributed by atoms with Crippen LogP contribution >= 0.6 is 11.6 Å². The molecule has 6 heteroatoms. The normalized spacial score (nSPS) is 10.4. The number of aryl methyl sites for hydroxylation is 1. The van der Waals surface area contributed by atoms with Gasteiger partial charge >= 0.3 is 0 Å². The summed E-state index contributed by atoms with van der Waals surface area (Å²) in [6.07, 6.45) is 0.715. The molecule has 1 aromatic heterocycles. The summed E-state index contributed by atoms with van der Waals surface area (Å²) in [5, 5.41) is 9.53. The molecule has 5 nitrogen and oxygen atoms in total. The molecule has 3 N–H and O–H groups in total. The zero-order chi connectivity index (χ0) is 13.5. The van der Waals surface area contributed by atoms with Crippen LogP contribution in [0.4, 0.5) is 5.69 Å². The molecule has 0 fully saturated rings. The Balaban J connectivity index is 2.90. The first-order valence-electron chi connectivity index (χ1n) is 6.07. The van der Waals surface area contributed by atoms with E-state index in [0.717, 1.165) is 0 Å². The Morgan fingerprint density at radius 1 is 1.39 bits per heavy atom. The van der Waals surface area contributed by atoms with E-state index in [1.54, 1.807) is 6.92 Å². The number of hydrogen-bond donors (Lipinski definition) is 2. The van der Waals surface area contributed by atoms with E-state index in [2.05, 4.69) is 15.3 Å². The number of rotatable bonds is 7. The van der Waals surface area contributed by atoms with Gasteiger partial charge in [-0.25, -0.2) is 9.97 Å². The van der Waals surface area contributed by atoms with Crippen molar-refractivity contribution < 1.29 is 10.1 Å². The van der Waals surface area contributed by atoms with E-state index in [1.807, 2.05) is 13.8 Å². The predicted molar refractivity (Wildman–Crippen MR) is 73.1 cm³/mol. The van der Waals surface area contributed by atoms with Crippen molar-refractivity contribution in [1.29, 1.82) is 0 Å². The monoisotopic (exact) mass is 271 g/mol. The molecule has 1 aromatic rings. The summed E-state index contributed by atoms with van der Waals surface area (Å²) in [5.41, 5.74) is 2.06. The van der Waals surface area contributed by atoms with Crippen molar-refractivity contribution in [3.63, 3.8) is 0 Å². The van der Waals surface area contributed by atoms with Gasteiger partial charge in [0.1, 0.15) is 11.5 Å². The number of ether oxygens (including phenoxy) is 1. The minimum Gasteiger partial charge on any atom is -0.380 e. The highest BCUT2D eigenvalue weighted by Gasteiger charge is 2.17. The lowest BCUT2D eigenvalue weighted by atomic mass is 10.2. The second kappa shape index (κ2) is 7.28. The highest BCUT2D eigenvalue weighted by molar-refractivity contribution is 6.32. The summed E-state index contributed by atoms with van der Waals surface area (Å²) < 4.78 is 5.26. The SMILES string of the molecule is CCOCCNc1c(Cl)nc(C)nc1C(=[NH2+])CC. The fourth-order valence-corrected chi connectivity index (χ4v) is 1.77. The molecule has 0 aliphatic heterocycles. The lowest BCUT2D eigenvalue weighted by molar-refractivity contribution is -0.115. The lowest BCUT2D eigenvalue weighted by Gasteiger charge is -2.11. The van der Waals surface area contributed by atoms with Crippen LogP contribution in [0.3, 0.4) is 0 Å². The quantitative estimate of drug-likeness (QED) is 0.438. The van der Waals surface area contributed by atoms with Gasteiger partial charge in [0.2, 0.25) is 5.71 Å². The second-order valence-corrected chi connectivity index (χ2v) is 4.15. The Morgan fingerprint density at radius 2 is 2.11 bits per heavy atom. The van der Waals surface area contributed by atoms with Crippen LogP contribution in [-0.2, 0) is 4.74 Å². The van der Waals surface area contributed by atoms with Crippen LogP contribution in [0.5, 0.6) is 0 Å². The van der Waals surface area contributed by atoms with E-state index in [-0.39, 0.29) is 0 Å². The summed E-state index contributed by atoms with van der Waals surface area (Å²) in [4.78, 5) is 8.47. The van der Waals surface area contributed by atoms with E-state index < -0.39 is 0 Å². The summed E-state index contributed by atoms with van der Waals surface area (Å²) in [6, 6.07) is 0. The minimum atomic E-state index is 0.394. The maximum absolute atomic E-state index is 6.13. The largest absolute Gasteiger partial charge is 0.380 e. The molecule has 0 bridgehead atoms. The highest BCUT2D eigenvalue weighted by atomic mass is 35.5. The van der Waals surface area contributed by atoms with Crippen LogP contribution in [0.1, 0.15) is 31.8 Å². The van der Waals surface area contributed by atoms with E-state index in [0.29, 0.717) is 54.2 Å². The third-order valence-electron chi connectivity index (χ3n) is 2.41. The Kier molecular flexibility index (Phi) is 6.01. The zero-order valence-electron chi connectivity index (χ0n) is 11.1. The Labute approximate surface area is 112 Å². The molecule has 100 valence electrons.